The van der Waals surface area contributed by atoms with Crippen LogP contribution in [0.1, 0.15) is 0 Å². The molecule has 15 heavy (non-hydrogen) atoms. The number of pyridine rings is 1. The number of nitro groups is 1. The molecule has 0 bridgehead atoms. The fourth-order valence-corrected chi connectivity index (χ4v) is 1.10. The molecular formula is C7H5BrN2O5. The molecule has 0 aliphatic carbocycles. The van der Waals surface area contributed by atoms with Gasteiger partial charge in [0.15, 0.2) is 6.61 Å². The number of rotatable bonds is 4. The smallest absolute Gasteiger partial charge is 0.407 e. The molecule has 0 atom stereocenters. The highest BCUT2D eigenvalue weighted by molar-refractivity contribution is 9.10. The minimum Gasteiger partial charge on any atom is -0.479 e. The molecule has 1 heterocycles. The van der Waals surface area contributed by atoms with Gasteiger partial charge in [-0.1, -0.05) is 0 Å². The van der Waals surface area contributed by atoms with E-state index in [9.17, 15) is 14.9 Å². The molecule has 0 spiro atoms. The van der Waals surface area contributed by atoms with Gasteiger partial charge in [-0.25, -0.2) is 4.79 Å². The SMILES string of the molecule is O=C(O)COc1ccc(Br)nc1[N+](=O)[O-]. The number of carboxylic acid groups (broad SMARTS) is 1. The summed E-state index contributed by atoms with van der Waals surface area (Å²) >= 11 is 2.96. The molecule has 1 rings (SSSR count). The van der Waals surface area contributed by atoms with Gasteiger partial charge >= 0.3 is 11.8 Å². The zero-order chi connectivity index (χ0) is 11.4. The Balaban J connectivity index is 2.95. The maximum absolute atomic E-state index is 10.5. The Morgan fingerprint density at radius 3 is 2.87 bits per heavy atom. The average molecular weight is 277 g/mol. The van der Waals surface area contributed by atoms with Gasteiger partial charge in [-0.3, -0.25) is 0 Å². The Labute approximate surface area is 92.0 Å². The van der Waals surface area contributed by atoms with Crippen LogP contribution < -0.4 is 4.74 Å². The lowest BCUT2D eigenvalue weighted by molar-refractivity contribution is -0.390. The van der Waals surface area contributed by atoms with Gasteiger partial charge in [0, 0.05) is 22.0 Å². The van der Waals surface area contributed by atoms with Crippen molar-refractivity contribution < 1.29 is 19.6 Å². The molecule has 0 saturated carbocycles. The molecule has 0 amide bonds. The summed E-state index contributed by atoms with van der Waals surface area (Å²) in [5.74, 6) is -1.91. The fraction of sp³-hybridized carbons (Fsp3) is 0.143. The molecule has 80 valence electrons. The van der Waals surface area contributed by atoms with Crippen LogP contribution in [0.5, 0.6) is 5.75 Å². The maximum atomic E-state index is 10.5. The van der Waals surface area contributed by atoms with Gasteiger partial charge < -0.3 is 20.0 Å². The number of aromatic nitrogens is 1. The van der Waals surface area contributed by atoms with E-state index in [1.165, 1.54) is 12.1 Å². The lowest BCUT2D eigenvalue weighted by Crippen LogP contribution is -2.10. The summed E-state index contributed by atoms with van der Waals surface area (Å²) in [7, 11) is 0. The van der Waals surface area contributed by atoms with Crippen molar-refractivity contribution in [1.29, 1.82) is 0 Å². The second-order valence-electron chi connectivity index (χ2n) is 2.40. The third-order valence-electron chi connectivity index (χ3n) is 1.33. The first kappa shape index (κ1) is 11.4. The number of carboxylic acids is 1. The topological polar surface area (TPSA) is 103 Å². The summed E-state index contributed by atoms with van der Waals surface area (Å²) in [5.41, 5.74) is 0. The van der Waals surface area contributed by atoms with Gasteiger partial charge in [-0.2, -0.15) is 0 Å². The molecule has 0 fully saturated rings. The minimum absolute atomic E-state index is 0.175. The van der Waals surface area contributed by atoms with Crippen molar-refractivity contribution in [3.05, 3.63) is 26.9 Å². The number of halogens is 1. The van der Waals surface area contributed by atoms with E-state index in [4.69, 9.17) is 9.84 Å². The van der Waals surface area contributed by atoms with Crippen molar-refractivity contribution in [1.82, 2.24) is 4.98 Å². The molecule has 8 heteroatoms. The largest absolute Gasteiger partial charge is 0.479 e. The highest BCUT2D eigenvalue weighted by atomic mass is 79.9. The number of hydrogen-bond donors (Lipinski definition) is 1. The molecule has 0 aliphatic rings. The van der Waals surface area contributed by atoms with Gasteiger partial charge in [0.25, 0.3) is 0 Å². The Kier molecular flexibility index (Phi) is 3.56. The number of ether oxygens (including phenoxy) is 1. The molecule has 7 nitrogen and oxygen atoms in total. The highest BCUT2D eigenvalue weighted by Gasteiger charge is 2.18. The number of nitrogens with zero attached hydrogens (tertiary/aromatic N) is 2. The molecule has 1 aromatic rings. The van der Waals surface area contributed by atoms with E-state index >= 15 is 0 Å². The van der Waals surface area contributed by atoms with Gasteiger partial charge in [0.2, 0.25) is 10.4 Å². The summed E-state index contributed by atoms with van der Waals surface area (Å²) in [6.07, 6.45) is 0. The first-order valence-corrected chi connectivity index (χ1v) is 4.45. The van der Waals surface area contributed by atoms with Crippen LogP contribution >= 0.6 is 15.9 Å². The van der Waals surface area contributed by atoms with Crippen LogP contribution in [-0.2, 0) is 4.79 Å². The van der Waals surface area contributed by atoms with E-state index in [0.717, 1.165) is 0 Å². The van der Waals surface area contributed by atoms with Crippen LogP contribution in [0.2, 0.25) is 0 Å². The van der Waals surface area contributed by atoms with E-state index in [1.807, 2.05) is 0 Å². The predicted octanol–water partition coefficient (Wildman–Crippen LogP) is 1.22. The Morgan fingerprint density at radius 1 is 1.67 bits per heavy atom. The van der Waals surface area contributed by atoms with Crippen LogP contribution in [0.25, 0.3) is 0 Å². The quantitative estimate of drug-likeness (QED) is 0.504. The molecule has 1 aromatic heterocycles. The highest BCUT2D eigenvalue weighted by Crippen LogP contribution is 2.26. The van der Waals surface area contributed by atoms with Crippen molar-refractivity contribution in [2.45, 2.75) is 0 Å². The number of hydrogen-bond acceptors (Lipinski definition) is 5. The van der Waals surface area contributed by atoms with Crippen molar-refractivity contribution in [3.8, 4) is 5.75 Å². The Morgan fingerprint density at radius 2 is 2.33 bits per heavy atom. The van der Waals surface area contributed by atoms with Crippen LogP contribution in [-0.4, -0.2) is 27.6 Å². The van der Waals surface area contributed by atoms with E-state index < -0.39 is 23.3 Å². The zero-order valence-corrected chi connectivity index (χ0v) is 8.80. The van der Waals surface area contributed by atoms with Crippen molar-refractivity contribution >= 4 is 27.7 Å². The molecule has 0 aliphatic heterocycles. The lowest BCUT2D eigenvalue weighted by atomic mass is 10.4. The number of aliphatic carboxylic acids is 1. The first-order valence-electron chi connectivity index (χ1n) is 3.66. The standard InChI is InChI=1S/C7H5BrN2O5/c8-5-2-1-4(15-3-6(11)12)7(9-5)10(13)14/h1-2H,3H2,(H,11,12). The van der Waals surface area contributed by atoms with Crippen LogP contribution in [0.15, 0.2) is 16.7 Å². The molecule has 0 aromatic carbocycles. The van der Waals surface area contributed by atoms with Crippen LogP contribution in [0.3, 0.4) is 0 Å². The lowest BCUT2D eigenvalue weighted by Gasteiger charge is -2.02. The molecule has 1 N–H and O–H groups in total. The third kappa shape index (κ3) is 3.17. The van der Waals surface area contributed by atoms with E-state index in [2.05, 4.69) is 20.9 Å². The van der Waals surface area contributed by atoms with Gasteiger partial charge in [-0.15, -0.1) is 0 Å². The van der Waals surface area contributed by atoms with Gasteiger partial charge in [0.05, 0.1) is 0 Å². The van der Waals surface area contributed by atoms with Crippen LogP contribution in [0, 0.1) is 10.1 Å². The van der Waals surface area contributed by atoms with E-state index in [-0.39, 0.29) is 10.4 Å². The zero-order valence-electron chi connectivity index (χ0n) is 7.21. The van der Waals surface area contributed by atoms with Crippen molar-refractivity contribution in [3.63, 3.8) is 0 Å². The summed E-state index contributed by atoms with van der Waals surface area (Å²) in [6, 6.07) is 2.70. The van der Waals surface area contributed by atoms with Gasteiger partial charge in [-0.05, 0) is 16.0 Å². The third-order valence-corrected chi connectivity index (χ3v) is 1.77. The summed E-state index contributed by atoms with van der Waals surface area (Å²) in [4.78, 5) is 23.5. The molecule has 0 unspecified atom stereocenters. The Hall–Kier alpha value is -1.70. The predicted molar refractivity (Wildman–Crippen MR) is 51.7 cm³/mol. The van der Waals surface area contributed by atoms with E-state index in [0.29, 0.717) is 0 Å². The molecule has 0 radical (unpaired) electrons. The van der Waals surface area contributed by atoms with E-state index in [1.54, 1.807) is 0 Å². The normalized spacial score (nSPS) is 9.67. The summed E-state index contributed by atoms with van der Waals surface area (Å²) in [5, 5.41) is 18.8. The Bertz CT molecular complexity index is 408. The molecule has 0 saturated heterocycles. The number of carbonyl (C=O) groups is 1. The monoisotopic (exact) mass is 276 g/mol. The summed E-state index contributed by atoms with van der Waals surface area (Å²) < 4.78 is 4.97. The fourth-order valence-electron chi connectivity index (χ4n) is 0.795. The van der Waals surface area contributed by atoms with Gasteiger partial charge in [0.1, 0.15) is 0 Å². The molecular weight excluding hydrogens is 272 g/mol. The second kappa shape index (κ2) is 4.69. The average Bonchev–Trinajstić information content (AvgIpc) is 2.15. The minimum atomic E-state index is -1.22. The van der Waals surface area contributed by atoms with Crippen molar-refractivity contribution in [2.24, 2.45) is 0 Å². The second-order valence-corrected chi connectivity index (χ2v) is 3.21. The summed E-state index contributed by atoms with van der Waals surface area (Å²) in [6.45, 7) is -0.649. The maximum Gasteiger partial charge on any atom is 0.407 e. The van der Waals surface area contributed by atoms with Crippen LogP contribution in [0.4, 0.5) is 5.82 Å². The first-order chi connectivity index (χ1) is 7.00. The van der Waals surface area contributed by atoms with Crippen molar-refractivity contribution in [2.75, 3.05) is 6.61 Å².